The molecular weight excluding hydrogens is 266 g/mol. The summed E-state index contributed by atoms with van der Waals surface area (Å²) in [4.78, 5) is 22.8. The van der Waals surface area contributed by atoms with Crippen molar-refractivity contribution in [2.75, 3.05) is 32.5 Å². The molecule has 1 aromatic heterocycles. The van der Waals surface area contributed by atoms with Crippen molar-refractivity contribution in [3.8, 4) is 0 Å². The highest BCUT2D eigenvalue weighted by Gasteiger charge is 2.11. The molecule has 6 nitrogen and oxygen atoms in total. The monoisotopic (exact) mass is 293 g/mol. The van der Waals surface area contributed by atoms with Crippen LogP contribution in [0, 0.1) is 6.92 Å². The van der Waals surface area contributed by atoms with Crippen LogP contribution in [0.2, 0.25) is 0 Å². The summed E-state index contributed by atoms with van der Waals surface area (Å²) in [5, 5.41) is 6.09. The summed E-state index contributed by atoms with van der Waals surface area (Å²) in [6.07, 6.45) is 1.89. The number of aryl methyl sites for hydroxylation is 1. The van der Waals surface area contributed by atoms with E-state index in [1.165, 1.54) is 0 Å². The number of aromatic nitrogens is 2. The highest BCUT2D eigenvalue weighted by atomic mass is 16.1. The third-order valence-corrected chi connectivity index (χ3v) is 3.14. The van der Waals surface area contributed by atoms with E-state index in [1.807, 2.05) is 21.0 Å². The fourth-order valence-electron chi connectivity index (χ4n) is 1.76. The fraction of sp³-hybridized carbons (Fsp3) is 0.667. The molecule has 21 heavy (non-hydrogen) atoms. The maximum absolute atomic E-state index is 12.1. The molecule has 1 heterocycles. The Hall–Kier alpha value is -1.69. The van der Waals surface area contributed by atoms with Crippen LogP contribution in [0.1, 0.15) is 42.9 Å². The smallest absolute Gasteiger partial charge is 0.270 e. The van der Waals surface area contributed by atoms with Gasteiger partial charge in [0.1, 0.15) is 5.69 Å². The highest BCUT2D eigenvalue weighted by molar-refractivity contribution is 5.92. The van der Waals surface area contributed by atoms with Gasteiger partial charge in [0.25, 0.3) is 5.91 Å². The Labute approximate surface area is 127 Å². The minimum atomic E-state index is -0.147. The summed E-state index contributed by atoms with van der Waals surface area (Å²) >= 11 is 0. The van der Waals surface area contributed by atoms with Gasteiger partial charge in [-0.1, -0.05) is 6.92 Å². The predicted octanol–water partition coefficient (Wildman–Crippen LogP) is 1.68. The molecule has 0 aliphatic carbocycles. The number of nitrogens with zero attached hydrogens (tertiary/aromatic N) is 3. The molecule has 1 rings (SSSR count). The summed E-state index contributed by atoms with van der Waals surface area (Å²) in [5.74, 6) is 0.370. The first kappa shape index (κ1) is 17.4. The van der Waals surface area contributed by atoms with Gasteiger partial charge in [0, 0.05) is 18.3 Å². The minimum Gasteiger partial charge on any atom is -0.352 e. The van der Waals surface area contributed by atoms with Crippen LogP contribution in [0.5, 0.6) is 0 Å². The summed E-state index contributed by atoms with van der Waals surface area (Å²) in [6, 6.07) is 1.99. The van der Waals surface area contributed by atoms with Crippen LogP contribution >= 0.6 is 0 Å². The van der Waals surface area contributed by atoms with E-state index in [1.54, 1.807) is 6.07 Å². The molecule has 0 aliphatic rings. The van der Waals surface area contributed by atoms with E-state index in [4.69, 9.17) is 0 Å². The van der Waals surface area contributed by atoms with Gasteiger partial charge in [0.15, 0.2) is 0 Å². The number of hydrogen-bond donors (Lipinski definition) is 2. The van der Waals surface area contributed by atoms with Gasteiger partial charge in [0.2, 0.25) is 5.95 Å². The van der Waals surface area contributed by atoms with Crippen molar-refractivity contribution in [2.24, 2.45) is 0 Å². The number of nitrogens with one attached hydrogen (secondary N) is 2. The van der Waals surface area contributed by atoms with E-state index in [0.29, 0.717) is 18.2 Å². The van der Waals surface area contributed by atoms with E-state index in [2.05, 4.69) is 39.3 Å². The zero-order valence-corrected chi connectivity index (χ0v) is 13.7. The van der Waals surface area contributed by atoms with Gasteiger partial charge in [-0.2, -0.15) is 0 Å². The SMILES string of the molecule is CCC(C)Nc1nc(C)cc(C(=O)NCCCN(C)C)n1. The highest BCUT2D eigenvalue weighted by Crippen LogP contribution is 2.07. The van der Waals surface area contributed by atoms with Crippen LogP contribution in [0.3, 0.4) is 0 Å². The summed E-state index contributed by atoms with van der Waals surface area (Å²) in [5.41, 5.74) is 1.20. The van der Waals surface area contributed by atoms with Crippen molar-refractivity contribution in [3.63, 3.8) is 0 Å². The second-order valence-corrected chi connectivity index (χ2v) is 5.58. The molecular formula is C15H27N5O. The normalized spacial score (nSPS) is 12.3. The number of carbonyl (C=O) groups excluding carboxylic acids is 1. The summed E-state index contributed by atoms with van der Waals surface area (Å²) in [7, 11) is 4.03. The van der Waals surface area contributed by atoms with Gasteiger partial charge >= 0.3 is 0 Å². The molecule has 0 saturated heterocycles. The molecule has 0 aromatic carbocycles. The van der Waals surface area contributed by atoms with Crippen molar-refractivity contribution in [1.82, 2.24) is 20.2 Å². The van der Waals surface area contributed by atoms with Crippen LogP contribution in [0.15, 0.2) is 6.07 Å². The van der Waals surface area contributed by atoms with Crippen LogP contribution in [0.4, 0.5) is 5.95 Å². The van der Waals surface area contributed by atoms with Crippen LogP contribution in [-0.4, -0.2) is 54.0 Å². The number of hydrogen-bond acceptors (Lipinski definition) is 5. The third kappa shape index (κ3) is 6.53. The molecule has 0 saturated carbocycles. The van der Waals surface area contributed by atoms with E-state index in [9.17, 15) is 4.79 Å². The Morgan fingerprint density at radius 3 is 2.71 bits per heavy atom. The Bertz CT molecular complexity index is 461. The van der Waals surface area contributed by atoms with Crippen molar-refractivity contribution < 1.29 is 4.79 Å². The molecule has 118 valence electrons. The molecule has 1 atom stereocenters. The van der Waals surface area contributed by atoms with E-state index < -0.39 is 0 Å². The van der Waals surface area contributed by atoms with E-state index in [0.717, 1.165) is 25.1 Å². The molecule has 2 N–H and O–H groups in total. The van der Waals surface area contributed by atoms with Gasteiger partial charge in [-0.3, -0.25) is 4.79 Å². The van der Waals surface area contributed by atoms with Crippen LogP contribution in [-0.2, 0) is 0 Å². The molecule has 1 amide bonds. The molecule has 0 radical (unpaired) electrons. The molecule has 0 aliphatic heterocycles. The molecule has 1 unspecified atom stereocenters. The lowest BCUT2D eigenvalue weighted by Crippen LogP contribution is -2.28. The number of rotatable bonds is 8. The minimum absolute atomic E-state index is 0.147. The first-order chi connectivity index (χ1) is 9.92. The van der Waals surface area contributed by atoms with Crippen molar-refractivity contribution in [3.05, 3.63) is 17.5 Å². The van der Waals surface area contributed by atoms with Gasteiger partial charge < -0.3 is 15.5 Å². The standard InChI is InChI=1S/C15H27N5O/c1-6-11(2)17-15-18-12(3)10-13(19-15)14(21)16-8-7-9-20(4)5/h10-11H,6-9H2,1-5H3,(H,16,21)(H,17,18,19). The van der Waals surface area contributed by atoms with Gasteiger partial charge in [-0.05, 0) is 53.4 Å². The average molecular weight is 293 g/mol. The summed E-state index contributed by atoms with van der Waals surface area (Å²) in [6.45, 7) is 7.61. The molecule has 0 fully saturated rings. The van der Waals surface area contributed by atoms with Crippen molar-refractivity contribution >= 4 is 11.9 Å². The molecule has 0 bridgehead atoms. The van der Waals surface area contributed by atoms with Gasteiger partial charge in [0.05, 0.1) is 0 Å². The maximum atomic E-state index is 12.1. The number of amides is 1. The van der Waals surface area contributed by atoms with Crippen molar-refractivity contribution in [2.45, 2.75) is 39.7 Å². The quantitative estimate of drug-likeness (QED) is 0.714. The fourth-order valence-corrected chi connectivity index (χ4v) is 1.76. The first-order valence-corrected chi connectivity index (χ1v) is 7.47. The van der Waals surface area contributed by atoms with Crippen LogP contribution in [0.25, 0.3) is 0 Å². The Morgan fingerprint density at radius 2 is 2.10 bits per heavy atom. The lowest BCUT2D eigenvalue weighted by molar-refractivity contribution is 0.0947. The maximum Gasteiger partial charge on any atom is 0.270 e. The molecule has 0 spiro atoms. The molecule has 6 heteroatoms. The zero-order chi connectivity index (χ0) is 15.8. The lowest BCUT2D eigenvalue weighted by atomic mass is 10.2. The topological polar surface area (TPSA) is 70.2 Å². The third-order valence-electron chi connectivity index (χ3n) is 3.14. The van der Waals surface area contributed by atoms with Crippen molar-refractivity contribution in [1.29, 1.82) is 0 Å². The lowest BCUT2D eigenvalue weighted by Gasteiger charge is -2.13. The van der Waals surface area contributed by atoms with Crippen LogP contribution < -0.4 is 10.6 Å². The number of anilines is 1. The van der Waals surface area contributed by atoms with E-state index in [-0.39, 0.29) is 11.9 Å². The summed E-state index contributed by atoms with van der Waals surface area (Å²) < 4.78 is 0. The second kappa shape index (κ2) is 8.56. The Morgan fingerprint density at radius 1 is 1.38 bits per heavy atom. The number of carbonyl (C=O) groups is 1. The predicted molar refractivity (Wildman–Crippen MR) is 85.6 cm³/mol. The Kier molecular flexibility index (Phi) is 7.08. The zero-order valence-electron chi connectivity index (χ0n) is 13.7. The van der Waals surface area contributed by atoms with Gasteiger partial charge in [-0.15, -0.1) is 0 Å². The van der Waals surface area contributed by atoms with E-state index >= 15 is 0 Å². The second-order valence-electron chi connectivity index (χ2n) is 5.58. The Balaban J connectivity index is 2.62. The average Bonchev–Trinajstić information content (AvgIpc) is 2.42. The largest absolute Gasteiger partial charge is 0.352 e. The molecule has 1 aromatic rings. The first-order valence-electron chi connectivity index (χ1n) is 7.47. The van der Waals surface area contributed by atoms with Gasteiger partial charge in [-0.25, -0.2) is 9.97 Å².